The Labute approximate surface area is 121 Å². The highest BCUT2D eigenvalue weighted by Crippen LogP contribution is 2.30. The molecule has 20 heavy (non-hydrogen) atoms. The fourth-order valence-corrected chi connectivity index (χ4v) is 2.94. The number of nitrogens with one attached hydrogen (secondary N) is 1. The number of nitrogens with zero attached hydrogens (tertiary/aromatic N) is 1. The lowest BCUT2D eigenvalue weighted by Gasteiger charge is -2.24. The van der Waals surface area contributed by atoms with Crippen LogP contribution in [-0.2, 0) is 11.3 Å². The summed E-state index contributed by atoms with van der Waals surface area (Å²) < 4.78 is 19.3. The van der Waals surface area contributed by atoms with E-state index in [2.05, 4.69) is 24.1 Å². The monoisotopic (exact) mass is 280 g/mol. The van der Waals surface area contributed by atoms with Crippen molar-refractivity contribution in [2.24, 2.45) is 5.92 Å². The van der Waals surface area contributed by atoms with Crippen LogP contribution in [0.2, 0.25) is 0 Å². The maximum atomic E-state index is 14.3. The van der Waals surface area contributed by atoms with Gasteiger partial charge in [-0.25, -0.2) is 4.39 Å². The third kappa shape index (κ3) is 3.70. The zero-order valence-electron chi connectivity index (χ0n) is 12.7. The molecular formula is C16H25FN2O. The average Bonchev–Trinajstić information content (AvgIpc) is 2.74. The van der Waals surface area contributed by atoms with E-state index in [1.54, 1.807) is 13.2 Å². The van der Waals surface area contributed by atoms with Crippen LogP contribution in [0, 0.1) is 11.7 Å². The van der Waals surface area contributed by atoms with Crippen molar-refractivity contribution in [1.29, 1.82) is 0 Å². The first-order chi connectivity index (χ1) is 9.61. The van der Waals surface area contributed by atoms with Crippen LogP contribution >= 0.6 is 0 Å². The molecule has 1 aromatic rings. The Hall–Kier alpha value is -1.13. The number of benzene rings is 1. The van der Waals surface area contributed by atoms with Crippen LogP contribution in [0.3, 0.4) is 0 Å². The van der Waals surface area contributed by atoms with E-state index < -0.39 is 0 Å². The van der Waals surface area contributed by atoms with Gasteiger partial charge in [0.25, 0.3) is 0 Å². The van der Waals surface area contributed by atoms with Crippen LogP contribution in [0.25, 0.3) is 0 Å². The lowest BCUT2D eigenvalue weighted by atomic mass is 10.1. The first kappa shape index (κ1) is 15.3. The maximum Gasteiger partial charge on any atom is 0.146 e. The predicted molar refractivity (Wildman–Crippen MR) is 80.6 cm³/mol. The summed E-state index contributed by atoms with van der Waals surface area (Å²) in [5.41, 5.74) is 1.71. The molecule has 1 aliphatic heterocycles. The molecule has 4 heteroatoms. The van der Waals surface area contributed by atoms with E-state index in [9.17, 15) is 4.39 Å². The van der Waals surface area contributed by atoms with Crippen molar-refractivity contribution in [3.05, 3.63) is 29.6 Å². The van der Waals surface area contributed by atoms with E-state index in [0.29, 0.717) is 25.1 Å². The van der Waals surface area contributed by atoms with Crippen LogP contribution in [0.1, 0.15) is 25.8 Å². The summed E-state index contributed by atoms with van der Waals surface area (Å²) in [6, 6.07) is 5.99. The number of hydrogen-bond donors (Lipinski definition) is 1. The lowest BCUT2D eigenvalue weighted by Crippen LogP contribution is -2.27. The fraction of sp³-hybridized carbons (Fsp3) is 0.625. The van der Waals surface area contributed by atoms with Crippen molar-refractivity contribution >= 4 is 5.69 Å². The Kier molecular flexibility index (Phi) is 5.38. The number of methoxy groups -OCH3 is 1. The SMILES string of the molecule is COCCNCc1ccc(N2CC(C)CC2C)c(F)c1. The normalized spacial score (nSPS) is 22.5. The van der Waals surface area contributed by atoms with E-state index in [-0.39, 0.29) is 5.82 Å². The highest BCUT2D eigenvalue weighted by atomic mass is 19.1. The first-order valence-corrected chi connectivity index (χ1v) is 7.36. The smallest absolute Gasteiger partial charge is 0.146 e. The molecule has 1 aromatic carbocycles. The van der Waals surface area contributed by atoms with Crippen molar-refractivity contribution in [2.45, 2.75) is 32.9 Å². The van der Waals surface area contributed by atoms with Crippen LogP contribution in [-0.4, -0.2) is 32.8 Å². The molecule has 0 spiro atoms. The number of rotatable bonds is 6. The van der Waals surface area contributed by atoms with Gasteiger partial charge in [-0.05, 0) is 37.0 Å². The Bertz CT molecular complexity index is 438. The average molecular weight is 280 g/mol. The summed E-state index contributed by atoms with van der Waals surface area (Å²) in [5.74, 6) is 0.525. The molecule has 2 atom stereocenters. The number of anilines is 1. The standard InChI is InChI=1S/C16H25FN2O/c1-12-8-13(2)19(11-12)16-5-4-14(9-15(16)17)10-18-6-7-20-3/h4-5,9,12-13,18H,6-8,10-11H2,1-3H3. The van der Waals surface area contributed by atoms with Crippen molar-refractivity contribution in [3.8, 4) is 0 Å². The lowest BCUT2D eigenvalue weighted by molar-refractivity contribution is 0.199. The molecule has 2 rings (SSSR count). The molecule has 1 heterocycles. The van der Waals surface area contributed by atoms with Crippen LogP contribution in [0.4, 0.5) is 10.1 Å². The minimum atomic E-state index is -0.114. The topological polar surface area (TPSA) is 24.5 Å². The Morgan fingerprint density at radius 3 is 2.80 bits per heavy atom. The molecule has 1 N–H and O–H groups in total. The van der Waals surface area contributed by atoms with Gasteiger partial charge in [-0.15, -0.1) is 0 Å². The molecule has 0 aromatic heterocycles. The van der Waals surface area contributed by atoms with Gasteiger partial charge in [0.2, 0.25) is 0 Å². The van der Waals surface area contributed by atoms with E-state index in [1.165, 1.54) is 0 Å². The summed E-state index contributed by atoms with van der Waals surface area (Å²) in [5, 5.41) is 3.23. The highest BCUT2D eigenvalue weighted by Gasteiger charge is 2.27. The Morgan fingerprint density at radius 1 is 1.40 bits per heavy atom. The first-order valence-electron chi connectivity index (χ1n) is 7.36. The molecule has 2 unspecified atom stereocenters. The van der Waals surface area contributed by atoms with Crippen molar-refractivity contribution in [1.82, 2.24) is 5.32 Å². The molecule has 112 valence electrons. The Morgan fingerprint density at radius 2 is 2.20 bits per heavy atom. The van der Waals surface area contributed by atoms with Gasteiger partial charge in [0.05, 0.1) is 12.3 Å². The second kappa shape index (κ2) is 7.04. The minimum absolute atomic E-state index is 0.114. The predicted octanol–water partition coefficient (Wildman–Crippen LogP) is 2.80. The van der Waals surface area contributed by atoms with Gasteiger partial charge >= 0.3 is 0 Å². The number of hydrogen-bond acceptors (Lipinski definition) is 3. The Balaban J connectivity index is 1.99. The third-order valence-electron chi connectivity index (χ3n) is 3.92. The van der Waals surface area contributed by atoms with E-state index in [4.69, 9.17) is 4.74 Å². The third-order valence-corrected chi connectivity index (χ3v) is 3.92. The summed E-state index contributed by atoms with van der Waals surface area (Å²) in [4.78, 5) is 2.18. The van der Waals surface area contributed by atoms with Crippen LogP contribution < -0.4 is 10.2 Å². The summed E-state index contributed by atoms with van der Waals surface area (Å²) in [6.45, 7) is 7.46. The number of ether oxygens (including phenoxy) is 1. The number of halogens is 1. The molecule has 3 nitrogen and oxygen atoms in total. The minimum Gasteiger partial charge on any atom is -0.383 e. The van der Waals surface area contributed by atoms with Crippen molar-refractivity contribution in [2.75, 3.05) is 31.7 Å². The van der Waals surface area contributed by atoms with Gasteiger partial charge in [0, 0.05) is 32.8 Å². The molecule has 0 bridgehead atoms. The fourth-order valence-electron chi connectivity index (χ4n) is 2.94. The molecular weight excluding hydrogens is 255 g/mol. The maximum absolute atomic E-state index is 14.3. The van der Waals surface area contributed by atoms with Gasteiger partial charge in [-0.2, -0.15) is 0 Å². The molecule has 0 radical (unpaired) electrons. The molecule has 0 aliphatic carbocycles. The molecule has 0 amide bonds. The highest BCUT2D eigenvalue weighted by molar-refractivity contribution is 5.51. The van der Waals surface area contributed by atoms with Gasteiger partial charge < -0.3 is 15.0 Å². The summed E-state index contributed by atoms with van der Waals surface area (Å²) in [6.07, 6.45) is 1.14. The van der Waals surface area contributed by atoms with Crippen LogP contribution in [0.5, 0.6) is 0 Å². The zero-order valence-corrected chi connectivity index (χ0v) is 12.7. The van der Waals surface area contributed by atoms with Gasteiger partial charge in [0.1, 0.15) is 5.82 Å². The summed E-state index contributed by atoms with van der Waals surface area (Å²) in [7, 11) is 1.67. The van der Waals surface area contributed by atoms with Gasteiger partial charge in [0.15, 0.2) is 0 Å². The quantitative estimate of drug-likeness (QED) is 0.811. The van der Waals surface area contributed by atoms with E-state index in [0.717, 1.165) is 30.8 Å². The van der Waals surface area contributed by atoms with Crippen LogP contribution in [0.15, 0.2) is 18.2 Å². The van der Waals surface area contributed by atoms with E-state index in [1.807, 2.05) is 12.1 Å². The second-order valence-electron chi connectivity index (χ2n) is 5.80. The van der Waals surface area contributed by atoms with Crippen molar-refractivity contribution < 1.29 is 9.13 Å². The second-order valence-corrected chi connectivity index (χ2v) is 5.80. The summed E-state index contributed by atoms with van der Waals surface area (Å²) >= 11 is 0. The molecule has 0 saturated carbocycles. The van der Waals surface area contributed by atoms with Gasteiger partial charge in [-0.1, -0.05) is 13.0 Å². The molecule has 1 fully saturated rings. The molecule has 1 aliphatic rings. The zero-order chi connectivity index (χ0) is 14.5. The van der Waals surface area contributed by atoms with Crippen molar-refractivity contribution in [3.63, 3.8) is 0 Å². The molecule has 1 saturated heterocycles. The van der Waals surface area contributed by atoms with E-state index >= 15 is 0 Å². The largest absolute Gasteiger partial charge is 0.383 e. The van der Waals surface area contributed by atoms with Gasteiger partial charge in [-0.3, -0.25) is 0 Å².